The van der Waals surface area contributed by atoms with E-state index in [1.54, 1.807) is 24.5 Å². The van der Waals surface area contributed by atoms with Gasteiger partial charge in [0.25, 0.3) is 5.91 Å². The van der Waals surface area contributed by atoms with E-state index in [0.717, 1.165) is 24.6 Å². The Kier molecular flexibility index (Phi) is 5.05. The van der Waals surface area contributed by atoms with Crippen molar-refractivity contribution >= 4 is 17.4 Å². The second kappa shape index (κ2) is 7.59. The summed E-state index contributed by atoms with van der Waals surface area (Å²) in [6.45, 7) is 7.21. The van der Waals surface area contributed by atoms with Crippen LogP contribution in [0.2, 0.25) is 0 Å². The van der Waals surface area contributed by atoms with E-state index in [-0.39, 0.29) is 5.91 Å². The topological polar surface area (TPSA) is 61.4 Å². The molecule has 0 bridgehead atoms. The van der Waals surface area contributed by atoms with Crippen LogP contribution in [0.25, 0.3) is 0 Å². The van der Waals surface area contributed by atoms with Crippen molar-refractivity contribution in [3.8, 4) is 0 Å². The monoisotopic (exact) mass is 323 g/mol. The first-order chi connectivity index (χ1) is 11.8. The van der Waals surface area contributed by atoms with Crippen molar-refractivity contribution in [3.63, 3.8) is 0 Å². The zero-order valence-electron chi connectivity index (χ0n) is 13.6. The summed E-state index contributed by atoms with van der Waals surface area (Å²) in [6, 6.07) is 9.51. The van der Waals surface area contributed by atoms with Crippen molar-refractivity contribution in [2.75, 3.05) is 42.9 Å². The molecule has 24 heavy (non-hydrogen) atoms. The number of hydrogen-bond acceptors (Lipinski definition) is 5. The van der Waals surface area contributed by atoms with Crippen molar-refractivity contribution in [1.29, 1.82) is 0 Å². The second-order valence-corrected chi connectivity index (χ2v) is 5.57. The highest BCUT2D eigenvalue weighted by molar-refractivity contribution is 5.93. The van der Waals surface area contributed by atoms with Crippen LogP contribution in [-0.2, 0) is 0 Å². The van der Waals surface area contributed by atoms with Gasteiger partial charge in [0.1, 0.15) is 11.5 Å². The Morgan fingerprint density at radius 1 is 1.17 bits per heavy atom. The summed E-state index contributed by atoms with van der Waals surface area (Å²) >= 11 is 0. The highest BCUT2D eigenvalue weighted by atomic mass is 16.2. The minimum atomic E-state index is -0.0297. The maximum absolute atomic E-state index is 12.7. The molecule has 1 aliphatic rings. The van der Waals surface area contributed by atoms with Crippen LogP contribution in [0.1, 0.15) is 10.5 Å². The molecule has 2 aromatic rings. The lowest BCUT2D eigenvalue weighted by molar-refractivity contribution is 0.0740. The van der Waals surface area contributed by atoms with Gasteiger partial charge in [-0.3, -0.25) is 9.78 Å². The molecule has 1 aliphatic heterocycles. The fraction of sp³-hybridized carbons (Fsp3) is 0.278. The lowest BCUT2D eigenvalue weighted by atomic mass is 10.2. The van der Waals surface area contributed by atoms with Crippen LogP contribution >= 0.6 is 0 Å². The number of nitrogens with zero attached hydrogens (tertiary/aromatic N) is 4. The Balaban J connectivity index is 1.62. The number of nitrogens with one attached hydrogen (secondary N) is 1. The van der Waals surface area contributed by atoms with Crippen molar-refractivity contribution in [2.45, 2.75) is 0 Å². The molecule has 0 radical (unpaired) electrons. The molecule has 0 atom stereocenters. The van der Waals surface area contributed by atoms with Crippen LogP contribution in [0, 0.1) is 0 Å². The Morgan fingerprint density at radius 2 is 2.00 bits per heavy atom. The molecule has 1 N–H and O–H groups in total. The van der Waals surface area contributed by atoms with E-state index in [1.165, 1.54) is 0 Å². The highest BCUT2D eigenvalue weighted by Gasteiger charge is 2.23. The van der Waals surface area contributed by atoms with Crippen LogP contribution in [-0.4, -0.2) is 53.5 Å². The molecular formula is C18H21N5O. The van der Waals surface area contributed by atoms with Crippen LogP contribution in [0.3, 0.4) is 0 Å². The van der Waals surface area contributed by atoms with Gasteiger partial charge in [0, 0.05) is 50.8 Å². The van der Waals surface area contributed by atoms with Gasteiger partial charge in [-0.1, -0.05) is 12.1 Å². The minimum Gasteiger partial charge on any atom is -0.381 e. The molecule has 0 unspecified atom stereocenters. The Morgan fingerprint density at radius 3 is 2.71 bits per heavy atom. The number of carbonyl (C=O) groups excluding carboxylic acids is 1. The number of anilines is 2. The number of rotatable bonds is 5. The van der Waals surface area contributed by atoms with Gasteiger partial charge in [0.05, 0.1) is 0 Å². The zero-order valence-corrected chi connectivity index (χ0v) is 13.6. The number of amides is 1. The molecule has 2 aromatic heterocycles. The maximum atomic E-state index is 12.7. The number of carbonyl (C=O) groups is 1. The summed E-state index contributed by atoms with van der Waals surface area (Å²) in [7, 11) is 0. The third kappa shape index (κ3) is 3.71. The van der Waals surface area contributed by atoms with E-state index in [1.807, 2.05) is 29.2 Å². The molecule has 0 aromatic carbocycles. The lowest BCUT2D eigenvalue weighted by Gasteiger charge is -2.35. The zero-order chi connectivity index (χ0) is 16.8. The molecule has 1 saturated heterocycles. The minimum absolute atomic E-state index is 0.0297. The molecule has 0 spiro atoms. The Hall–Kier alpha value is -2.89. The van der Waals surface area contributed by atoms with E-state index >= 15 is 0 Å². The van der Waals surface area contributed by atoms with Crippen LogP contribution in [0.15, 0.2) is 55.4 Å². The summed E-state index contributed by atoms with van der Waals surface area (Å²) < 4.78 is 0. The van der Waals surface area contributed by atoms with Crippen LogP contribution in [0.4, 0.5) is 11.5 Å². The number of pyridine rings is 2. The van der Waals surface area contributed by atoms with Gasteiger partial charge >= 0.3 is 0 Å². The maximum Gasteiger partial charge on any atom is 0.272 e. The predicted octanol–water partition coefficient (Wildman–Crippen LogP) is 2.04. The van der Waals surface area contributed by atoms with E-state index in [4.69, 9.17) is 0 Å². The standard InChI is InChI=1S/C18H21N5O/c1-2-7-19-15-6-9-20-16(14-15)18(24)23-12-10-22(11-13-23)17-5-3-4-8-21-17/h2-6,8-9,14H,1,7,10-13H2,(H,19,20). The number of piperazine rings is 1. The summed E-state index contributed by atoms with van der Waals surface area (Å²) in [5, 5.41) is 3.18. The number of hydrogen-bond donors (Lipinski definition) is 1. The van der Waals surface area contributed by atoms with Crippen molar-refractivity contribution in [2.24, 2.45) is 0 Å². The molecule has 3 rings (SSSR count). The normalized spacial score (nSPS) is 14.3. The quantitative estimate of drug-likeness (QED) is 0.853. The van der Waals surface area contributed by atoms with Gasteiger partial charge in [-0.15, -0.1) is 6.58 Å². The first-order valence-electron chi connectivity index (χ1n) is 8.04. The van der Waals surface area contributed by atoms with Gasteiger partial charge in [0.2, 0.25) is 0 Å². The van der Waals surface area contributed by atoms with E-state index in [0.29, 0.717) is 25.3 Å². The van der Waals surface area contributed by atoms with Crippen molar-refractivity contribution in [3.05, 3.63) is 61.1 Å². The summed E-state index contributed by atoms with van der Waals surface area (Å²) in [4.78, 5) is 25.3. The smallest absolute Gasteiger partial charge is 0.272 e. The summed E-state index contributed by atoms with van der Waals surface area (Å²) in [5.74, 6) is 0.927. The summed E-state index contributed by atoms with van der Waals surface area (Å²) in [6.07, 6.45) is 5.22. The molecule has 1 amide bonds. The first-order valence-corrected chi connectivity index (χ1v) is 8.04. The first kappa shape index (κ1) is 16.0. The molecule has 124 valence electrons. The van der Waals surface area contributed by atoms with Crippen LogP contribution < -0.4 is 10.2 Å². The van der Waals surface area contributed by atoms with Crippen LogP contribution in [0.5, 0.6) is 0 Å². The molecule has 1 fully saturated rings. The predicted molar refractivity (Wildman–Crippen MR) is 95.3 cm³/mol. The average Bonchev–Trinajstić information content (AvgIpc) is 2.67. The average molecular weight is 323 g/mol. The van der Waals surface area contributed by atoms with Gasteiger partial charge in [-0.05, 0) is 24.3 Å². The lowest BCUT2D eigenvalue weighted by Crippen LogP contribution is -2.49. The second-order valence-electron chi connectivity index (χ2n) is 5.57. The van der Waals surface area contributed by atoms with Gasteiger partial charge in [0.15, 0.2) is 0 Å². The van der Waals surface area contributed by atoms with E-state index in [2.05, 4.69) is 26.8 Å². The molecule has 0 saturated carbocycles. The fourth-order valence-corrected chi connectivity index (χ4v) is 2.69. The van der Waals surface area contributed by atoms with E-state index in [9.17, 15) is 4.79 Å². The summed E-state index contributed by atoms with van der Waals surface area (Å²) in [5.41, 5.74) is 1.34. The van der Waals surface area contributed by atoms with Crippen molar-refractivity contribution in [1.82, 2.24) is 14.9 Å². The third-order valence-electron chi connectivity index (χ3n) is 3.97. The number of aromatic nitrogens is 2. The SMILES string of the molecule is C=CCNc1ccnc(C(=O)N2CCN(c3ccccn3)CC2)c1. The third-order valence-corrected chi connectivity index (χ3v) is 3.97. The molecule has 3 heterocycles. The van der Waals surface area contributed by atoms with E-state index < -0.39 is 0 Å². The Labute approximate surface area is 141 Å². The van der Waals surface area contributed by atoms with Gasteiger partial charge in [-0.25, -0.2) is 4.98 Å². The van der Waals surface area contributed by atoms with Gasteiger partial charge < -0.3 is 15.1 Å². The molecule has 6 nitrogen and oxygen atoms in total. The van der Waals surface area contributed by atoms with Gasteiger partial charge in [-0.2, -0.15) is 0 Å². The highest BCUT2D eigenvalue weighted by Crippen LogP contribution is 2.15. The largest absolute Gasteiger partial charge is 0.381 e. The Bertz CT molecular complexity index is 696. The van der Waals surface area contributed by atoms with Crippen molar-refractivity contribution < 1.29 is 4.79 Å². The molecule has 0 aliphatic carbocycles. The fourth-order valence-electron chi connectivity index (χ4n) is 2.69. The molecular weight excluding hydrogens is 302 g/mol. The molecule has 6 heteroatoms.